The molecule has 0 aromatic heterocycles. The van der Waals surface area contributed by atoms with Crippen LogP contribution in [0.1, 0.15) is 17.5 Å². The van der Waals surface area contributed by atoms with Crippen LogP contribution in [-0.4, -0.2) is 49.1 Å². The molecule has 1 aliphatic heterocycles. The molecule has 0 spiro atoms. The van der Waals surface area contributed by atoms with Gasteiger partial charge in [0, 0.05) is 44.7 Å². The summed E-state index contributed by atoms with van der Waals surface area (Å²) in [6, 6.07) is 14.5. The maximum atomic E-state index is 12.6. The van der Waals surface area contributed by atoms with Crippen molar-refractivity contribution >= 4 is 5.91 Å². The Morgan fingerprint density at radius 2 is 1.86 bits per heavy atom. The van der Waals surface area contributed by atoms with Gasteiger partial charge in [0.05, 0.1) is 7.11 Å². The summed E-state index contributed by atoms with van der Waals surface area (Å²) in [5, 5.41) is 0. The lowest BCUT2D eigenvalue weighted by atomic mass is 10.2. The number of para-hydroxylation sites is 1. The van der Waals surface area contributed by atoms with Gasteiger partial charge in [0.25, 0.3) is 0 Å². The molecule has 1 fully saturated rings. The molecule has 0 atom stereocenters. The molecule has 0 bridgehead atoms. The van der Waals surface area contributed by atoms with Gasteiger partial charge in [-0.25, -0.2) is 0 Å². The predicted molar refractivity (Wildman–Crippen MR) is 101 cm³/mol. The van der Waals surface area contributed by atoms with Crippen molar-refractivity contribution in [2.45, 2.75) is 26.1 Å². The largest absolute Gasteiger partial charge is 0.497 e. The van der Waals surface area contributed by atoms with Crippen molar-refractivity contribution in [2.24, 2.45) is 0 Å². The molecule has 1 aliphatic rings. The van der Waals surface area contributed by atoms with E-state index >= 15 is 0 Å². The van der Waals surface area contributed by atoms with Gasteiger partial charge in [-0.15, -0.1) is 0 Å². The molecule has 1 saturated heterocycles. The first-order valence-electron chi connectivity index (χ1n) is 9.21. The van der Waals surface area contributed by atoms with E-state index in [1.807, 2.05) is 24.3 Å². The van der Waals surface area contributed by atoms with Gasteiger partial charge in [-0.3, -0.25) is 9.69 Å². The second kappa shape index (κ2) is 9.50. The van der Waals surface area contributed by atoms with Crippen LogP contribution in [0.4, 0.5) is 8.78 Å². The molecular formula is C21H24F2N2O3. The molecule has 7 heteroatoms. The minimum atomic E-state index is -2.89. The number of carbonyl (C=O) groups excluding carboxylic acids is 1. The molecule has 0 N–H and O–H groups in total. The normalized spacial score (nSPS) is 15.6. The lowest BCUT2D eigenvalue weighted by Crippen LogP contribution is -2.33. The van der Waals surface area contributed by atoms with Gasteiger partial charge in [-0.2, -0.15) is 8.78 Å². The molecule has 0 unspecified atom stereocenters. The van der Waals surface area contributed by atoms with Gasteiger partial charge in [-0.1, -0.05) is 30.3 Å². The minimum Gasteiger partial charge on any atom is -0.497 e. The number of hydrogen-bond acceptors (Lipinski definition) is 4. The van der Waals surface area contributed by atoms with E-state index in [2.05, 4.69) is 9.64 Å². The van der Waals surface area contributed by atoms with Gasteiger partial charge < -0.3 is 14.4 Å². The third-order valence-corrected chi connectivity index (χ3v) is 4.77. The Balaban J connectivity index is 1.64. The lowest BCUT2D eigenvalue weighted by Gasteiger charge is -2.23. The molecular weight excluding hydrogens is 366 g/mol. The predicted octanol–water partition coefficient (Wildman–Crippen LogP) is 3.53. The number of alkyl halides is 2. The van der Waals surface area contributed by atoms with Crippen LogP contribution in [0.3, 0.4) is 0 Å². The standard InChI is InChI=1S/C21H24F2N2O3/c1-27-18-7-4-5-16(13-18)14-24-10-9-20(26)25(12-11-24)15-17-6-2-3-8-19(17)28-21(22)23/h2-8,13,21H,9-12,14-15H2,1H3. The third-order valence-electron chi connectivity index (χ3n) is 4.77. The number of carbonyl (C=O) groups is 1. The van der Waals surface area contributed by atoms with Crippen LogP contribution in [0.15, 0.2) is 48.5 Å². The molecule has 5 nitrogen and oxygen atoms in total. The van der Waals surface area contributed by atoms with Crippen molar-refractivity contribution in [3.8, 4) is 11.5 Å². The van der Waals surface area contributed by atoms with Crippen LogP contribution in [0, 0.1) is 0 Å². The zero-order valence-corrected chi connectivity index (χ0v) is 15.8. The van der Waals surface area contributed by atoms with Gasteiger partial charge in [0.1, 0.15) is 11.5 Å². The molecule has 2 aromatic carbocycles. The van der Waals surface area contributed by atoms with Crippen LogP contribution in [-0.2, 0) is 17.9 Å². The highest BCUT2D eigenvalue weighted by molar-refractivity contribution is 5.76. The van der Waals surface area contributed by atoms with Crippen LogP contribution in [0.2, 0.25) is 0 Å². The van der Waals surface area contributed by atoms with Crippen molar-refractivity contribution in [1.82, 2.24) is 9.80 Å². The van der Waals surface area contributed by atoms with Crippen molar-refractivity contribution in [1.29, 1.82) is 0 Å². The average Bonchev–Trinajstić information content (AvgIpc) is 2.85. The van der Waals surface area contributed by atoms with E-state index in [0.717, 1.165) is 17.9 Å². The summed E-state index contributed by atoms with van der Waals surface area (Å²) >= 11 is 0. The quantitative estimate of drug-likeness (QED) is 0.725. The molecule has 3 rings (SSSR count). The summed E-state index contributed by atoms with van der Waals surface area (Å²) < 4.78 is 35.1. The first kappa shape index (κ1) is 20.1. The molecule has 0 saturated carbocycles. The number of methoxy groups -OCH3 is 1. The molecule has 1 heterocycles. The molecule has 150 valence electrons. The fourth-order valence-electron chi connectivity index (χ4n) is 3.32. The third kappa shape index (κ3) is 5.42. The van der Waals surface area contributed by atoms with Gasteiger partial charge in [-0.05, 0) is 23.8 Å². The molecule has 2 aromatic rings. The molecule has 0 aliphatic carbocycles. The molecule has 1 amide bonds. The number of amides is 1. The summed E-state index contributed by atoms with van der Waals surface area (Å²) in [5.74, 6) is 0.934. The van der Waals surface area contributed by atoms with Crippen molar-refractivity contribution in [3.05, 3.63) is 59.7 Å². The number of rotatable bonds is 7. The highest BCUT2D eigenvalue weighted by Gasteiger charge is 2.22. The SMILES string of the molecule is COc1cccc(CN2CCC(=O)N(Cc3ccccc3OC(F)F)CC2)c1. The maximum absolute atomic E-state index is 12.6. The Bertz CT molecular complexity index is 801. The maximum Gasteiger partial charge on any atom is 0.387 e. The summed E-state index contributed by atoms with van der Waals surface area (Å²) in [5.41, 5.74) is 1.70. The average molecular weight is 390 g/mol. The van der Waals surface area contributed by atoms with Crippen LogP contribution < -0.4 is 9.47 Å². The fourth-order valence-corrected chi connectivity index (χ4v) is 3.32. The zero-order valence-electron chi connectivity index (χ0n) is 15.8. The topological polar surface area (TPSA) is 42.0 Å². The van der Waals surface area contributed by atoms with Crippen molar-refractivity contribution in [2.75, 3.05) is 26.7 Å². The van der Waals surface area contributed by atoms with E-state index < -0.39 is 6.61 Å². The second-order valence-electron chi connectivity index (χ2n) is 6.68. The van der Waals surface area contributed by atoms with Gasteiger partial charge in [0.2, 0.25) is 5.91 Å². The lowest BCUT2D eigenvalue weighted by molar-refractivity contribution is -0.131. The summed E-state index contributed by atoms with van der Waals surface area (Å²) in [4.78, 5) is 16.5. The Labute approximate surface area is 163 Å². The first-order valence-corrected chi connectivity index (χ1v) is 9.21. The van der Waals surface area contributed by atoms with Crippen LogP contribution >= 0.6 is 0 Å². The van der Waals surface area contributed by atoms with Crippen molar-refractivity contribution in [3.63, 3.8) is 0 Å². The van der Waals surface area contributed by atoms with E-state index in [1.54, 1.807) is 30.2 Å². The first-order chi connectivity index (χ1) is 13.5. The Hall–Kier alpha value is -2.67. The Kier molecular flexibility index (Phi) is 6.81. The number of hydrogen-bond donors (Lipinski definition) is 0. The minimum absolute atomic E-state index is 0.0139. The number of nitrogens with zero attached hydrogens (tertiary/aromatic N) is 2. The summed E-state index contributed by atoms with van der Waals surface area (Å²) in [6.45, 7) is -0.00806. The summed E-state index contributed by atoms with van der Waals surface area (Å²) in [6.07, 6.45) is 0.391. The monoisotopic (exact) mass is 390 g/mol. The zero-order chi connectivity index (χ0) is 19.9. The molecule has 28 heavy (non-hydrogen) atoms. The van der Waals surface area contributed by atoms with E-state index in [4.69, 9.17) is 4.74 Å². The highest BCUT2D eigenvalue weighted by atomic mass is 19.3. The number of halogens is 2. The van der Waals surface area contributed by atoms with E-state index in [-0.39, 0.29) is 18.2 Å². The van der Waals surface area contributed by atoms with Crippen molar-refractivity contribution < 1.29 is 23.0 Å². The summed E-state index contributed by atoms with van der Waals surface area (Å²) in [7, 11) is 1.64. The van der Waals surface area contributed by atoms with Gasteiger partial charge in [0.15, 0.2) is 0 Å². The Morgan fingerprint density at radius 3 is 2.64 bits per heavy atom. The number of ether oxygens (including phenoxy) is 2. The highest BCUT2D eigenvalue weighted by Crippen LogP contribution is 2.23. The fraction of sp³-hybridized carbons (Fsp3) is 0.381. The Morgan fingerprint density at radius 1 is 1.04 bits per heavy atom. The smallest absolute Gasteiger partial charge is 0.387 e. The van der Waals surface area contributed by atoms with Crippen LogP contribution in [0.25, 0.3) is 0 Å². The number of benzene rings is 2. The van der Waals surface area contributed by atoms with E-state index in [1.165, 1.54) is 6.07 Å². The second-order valence-corrected chi connectivity index (χ2v) is 6.68. The van der Waals surface area contributed by atoms with E-state index in [9.17, 15) is 13.6 Å². The van der Waals surface area contributed by atoms with E-state index in [0.29, 0.717) is 31.6 Å². The van der Waals surface area contributed by atoms with Crippen LogP contribution in [0.5, 0.6) is 11.5 Å². The van der Waals surface area contributed by atoms with Gasteiger partial charge >= 0.3 is 6.61 Å². The molecule has 0 radical (unpaired) electrons.